The number of ether oxygens (including phenoxy) is 2. The van der Waals surface area contributed by atoms with Gasteiger partial charge in [-0.3, -0.25) is 4.79 Å². The number of piperazine rings is 1. The molecule has 0 unspecified atom stereocenters. The molecule has 1 amide bonds. The third-order valence-electron chi connectivity index (χ3n) is 5.40. The highest BCUT2D eigenvalue weighted by molar-refractivity contribution is 7.91. The number of thiazole rings is 1. The van der Waals surface area contributed by atoms with E-state index in [-0.39, 0.29) is 10.8 Å². The molecular formula is C21H21N3O5S2. The van der Waals surface area contributed by atoms with Gasteiger partial charge in [-0.25, -0.2) is 13.4 Å². The predicted molar refractivity (Wildman–Crippen MR) is 118 cm³/mol. The Bertz CT molecular complexity index is 1260. The van der Waals surface area contributed by atoms with Crippen molar-refractivity contribution in [2.75, 3.05) is 50.5 Å². The lowest BCUT2D eigenvalue weighted by Gasteiger charge is -2.34. The Kier molecular flexibility index (Phi) is 4.98. The first-order valence-corrected chi connectivity index (χ1v) is 12.6. The minimum Gasteiger partial charge on any atom is -0.486 e. The molecule has 10 heteroatoms. The number of hydrogen-bond donors (Lipinski definition) is 0. The number of rotatable bonds is 3. The Balaban J connectivity index is 1.31. The Labute approximate surface area is 183 Å². The van der Waals surface area contributed by atoms with Crippen molar-refractivity contribution in [3.63, 3.8) is 0 Å². The second kappa shape index (κ2) is 7.69. The molecule has 162 valence electrons. The van der Waals surface area contributed by atoms with Gasteiger partial charge in [0.25, 0.3) is 5.91 Å². The Morgan fingerprint density at radius 3 is 2.52 bits per heavy atom. The maximum Gasteiger partial charge on any atom is 0.254 e. The molecule has 2 aliphatic heterocycles. The van der Waals surface area contributed by atoms with Gasteiger partial charge < -0.3 is 19.3 Å². The lowest BCUT2D eigenvalue weighted by Crippen LogP contribution is -2.48. The van der Waals surface area contributed by atoms with E-state index >= 15 is 0 Å². The van der Waals surface area contributed by atoms with Gasteiger partial charge in [-0.2, -0.15) is 0 Å². The smallest absolute Gasteiger partial charge is 0.254 e. The second-order valence-corrected chi connectivity index (χ2v) is 10.5. The minimum atomic E-state index is -3.35. The summed E-state index contributed by atoms with van der Waals surface area (Å²) in [5, 5.41) is 0.775. The molecule has 31 heavy (non-hydrogen) atoms. The van der Waals surface area contributed by atoms with E-state index in [0.717, 1.165) is 9.83 Å². The fourth-order valence-electron chi connectivity index (χ4n) is 3.81. The highest BCUT2D eigenvalue weighted by atomic mass is 32.2. The number of anilines is 1. The quantitative estimate of drug-likeness (QED) is 0.594. The highest BCUT2D eigenvalue weighted by Gasteiger charge is 2.26. The molecule has 1 fully saturated rings. The van der Waals surface area contributed by atoms with Gasteiger partial charge in [0.1, 0.15) is 18.7 Å². The third-order valence-corrected chi connectivity index (χ3v) is 7.61. The highest BCUT2D eigenvalue weighted by Crippen LogP contribution is 2.34. The molecule has 3 aromatic rings. The molecule has 1 aromatic heterocycles. The largest absolute Gasteiger partial charge is 0.486 e. The van der Waals surface area contributed by atoms with Crippen LogP contribution in [0.15, 0.2) is 41.3 Å². The van der Waals surface area contributed by atoms with E-state index in [1.807, 2.05) is 11.0 Å². The van der Waals surface area contributed by atoms with Crippen LogP contribution >= 0.6 is 11.3 Å². The standard InChI is InChI=1S/C21H21N3O5S2/c1-31(26,27)18-4-2-3-17-19(18)22-21(30-17)24-9-7-23(8-10-24)20(25)14-5-6-15-16(13-14)29-12-11-28-15/h2-6,13H,7-12H2,1H3. The zero-order valence-electron chi connectivity index (χ0n) is 16.9. The molecule has 2 aromatic carbocycles. The molecule has 1 saturated heterocycles. The first-order valence-electron chi connectivity index (χ1n) is 9.94. The number of nitrogens with zero attached hydrogens (tertiary/aromatic N) is 3. The van der Waals surface area contributed by atoms with Crippen LogP contribution in [0.25, 0.3) is 10.2 Å². The van der Waals surface area contributed by atoms with Crippen molar-refractivity contribution in [3.05, 3.63) is 42.0 Å². The van der Waals surface area contributed by atoms with E-state index in [1.165, 1.54) is 17.6 Å². The van der Waals surface area contributed by atoms with Gasteiger partial charge in [0, 0.05) is 38.0 Å². The van der Waals surface area contributed by atoms with Gasteiger partial charge in [0.05, 0.1) is 9.60 Å². The van der Waals surface area contributed by atoms with E-state index in [2.05, 4.69) is 9.88 Å². The van der Waals surface area contributed by atoms with Crippen LogP contribution < -0.4 is 14.4 Å². The minimum absolute atomic E-state index is 0.0414. The maximum absolute atomic E-state index is 13.0. The molecule has 0 bridgehead atoms. The summed E-state index contributed by atoms with van der Waals surface area (Å²) in [6.45, 7) is 3.37. The summed E-state index contributed by atoms with van der Waals surface area (Å²) in [6.07, 6.45) is 1.20. The van der Waals surface area contributed by atoms with Crippen molar-refractivity contribution in [2.24, 2.45) is 0 Å². The van der Waals surface area contributed by atoms with Gasteiger partial charge in [-0.15, -0.1) is 0 Å². The Hall–Kier alpha value is -2.85. The SMILES string of the molecule is CS(=O)(=O)c1cccc2sc(N3CCN(C(=O)c4ccc5c(c4)OCCO5)CC3)nc12. The number of carbonyl (C=O) groups is 1. The van der Waals surface area contributed by atoms with Crippen molar-refractivity contribution in [1.29, 1.82) is 0 Å². The summed E-state index contributed by atoms with van der Waals surface area (Å²) in [7, 11) is -3.35. The lowest BCUT2D eigenvalue weighted by atomic mass is 10.1. The van der Waals surface area contributed by atoms with Crippen LogP contribution in [0.2, 0.25) is 0 Å². The van der Waals surface area contributed by atoms with Gasteiger partial charge >= 0.3 is 0 Å². The van der Waals surface area contributed by atoms with Crippen LogP contribution in [0, 0.1) is 0 Å². The van der Waals surface area contributed by atoms with E-state index < -0.39 is 9.84 Å². The first kappa shape index (κ1) is 20.1. The second-order valence-electron chi connectivity index (χ2n) is 7.51. The number of sulfone groups is 1. The molecule has 0 radical (unpaired) electrons. The number of fused-ring (bicyclic) bond motifs is 2. The van der Waals surface area contributed by atoms with Gasteiger partial charge in [0.15, 0.2) is 26.5 Å². The number of hydrogen-bond acceptors (Lipinski definition) is 8. The van der Waals surface area contributed by atoms with Crippen molar-refractivity contribution >= 4 is 42.4 Å². The van der Waals surface area contributed by atoms with Crippen molar-refractivity contribution in [2.45, 2.75) is 4.90 Å². The summed E-state index contributed by atoms with van der Waals surface area (Å²) in [5.74, 6) is 1.23. The van der Waals surface area contributed by atoms with Gasteiger partial charge in [0.2, 0.25) is 0 Å². The molecule has 3 heterocycles. The van der Waals surface area contributed by atoms with Crippen LogP contribution in [-0.2, 0) is 9.84 Å². The number of amides is 1. The number of aromatic nitrogens is 1. The maximum atomic E-state index is 13.0. The zero-order valence-corrected chi connectivity index (χ0v) is 18.5. The topological polar surface area (TPSA) is 89.0 Å². The summed E-state index contributed by atoms with van der Waals surface area (Å²) in [5.41, 5.74) is 1.09. The average Bonchev–Trinajstić information content (AvgIpc) is 3.22. The Morgan fingerprint density at radius 2 is 1.77 bits per heavy atom. The Morgan fingerprint density at radius 1 is 1.03 bits per heavy atom. The van der Waals surface area contributed by atoms with Crippen LogP contribution in [0.5, 0.6) is 11.5 Å². The normalized spacial score (nSPS) is 16.5. The van der Waals surface area contributed by atoms with Crippen LogP contribution in [-0.4, -0.2) is 69.9 Å². The molecule has 0 N–H and O–H groups in total. The first-order chi connectivity index (χ1) is 14.9. The summed E-state index contributed by atoms with van der Waals surface area (Å²) < 4.78 is 36.1. The number of para-hydroxylation sites is 1. The molecule has 8 nitrogen and oxygen atoms in total. The van der Waals surface area contributed by atoms with Crippen LogP contribution in [0.1, 0.15) is 10.4 Å². The molecular weight excluding hydrogens is 438 g/mol. The monoisotopic (exact) mass is 459 g/mol. The molecule has 0 atom stereocenters. The van der Waals surface area contributed by atoms with E-state index in [9.17, 15) is 13.2 Å². The molecule has 2 aliphatic rings. The fraction of sp³-hybridized carbons (Fsp3) is 0.333. The molecule has 0 spiro atoms. The van der Waals surface area contributed by atoms with E-state index in [4.69, 9.17) is 9.47 Å². The van der Waals surface area contributed by atoms with E-state index in [1.54, 1.807) is 30.3 Å². The fourth-order valence-corrected chi connectivity index (χ4v) is 5.75. The summed E-state index contributed by atoms with van der Waals surface area (Å²) in [4.78, 5) is 21.7. The van der Waals surface area contributed by atoms with Gasteiger partial charge in [-0.05, 0) is 30.3 Å². The number of carbonyl (C=O) groups excluding carboxylic acids is 1. The van der Waals surface area contributed by atoms with E-state index in [0.29, 0.717) is 62.0 Å². The number of benzene rings is 2. The van der Waals surface area contributed by atoms with Crippen molar-refractivity contribution < 1.29 is 22.7 Å². The molecule has 5 rings (SSSR count). The van der Waals surface area contributed by atoms with Gasteiger partial charge in [-0.1, -0.05) is 17.4 Å². The molecule has 0 aliphatic carbocycles. The van der Waals surface area contributed by atoms with Crippen LogP contribution in [0.4, 0.5) is 5.13 Å². The van der Waals surface area contributed by atoms with Crippen LogP contribution in [0.3, 0.4) is 0 Å². The van der Waals surface area contributed by atoms with Crippen molar-refractivity contribution in [3.8, 4) is 11.5 Å². The predicted octanol–water partition coefficient (Wildman–Crippen LogP) is 2.43. The lowest BCUT2D eigenvalue weighted by molar-refractivity contribution is 0.0745. The summed E-state index contributed by atoms with van der Waals surface area (Å²) in [6, 6.07) is 10.5. The third kappa shape index (κ3) is 3.81. The van der Waals surface area contributed by atoms with Crippen molar-refractivity contribution in [1.82, 2.24) is 9.88 Å². The average molecular weight is 460 g/mol. The zero-order chi connectivity index (χ0) is 21.6. The summed E-state index contributed by atoms with van der Waals surface area (Å²) >= 11 is 1.47. The molecule has 0 saturated carbocycles.